The second kappa shape index (κ2) is 6.96. The maximum absolute atomic E-state index is 13.8. The Labute approximate surface area is 135 Å². The van der Waals surface area contributed by atoms with Gasteiger partial charge in [0.25, 0.3) is 5.91 Å². The van der Waals surface area contributed by atoms with Crippen molar-refractivity contribution in [3.8, 4) is 0 Å². The second-order valence-corrected chi connectivity index (χ2v) is 6.12. The summed E-state index contributed by atoms with van der Waals surface area (Å²) in [4.78, 5) is 19.4. The number of likely N-dealkylation sites (tertiary alicyclic amines) is 1. The first-order valence-electron chi connectivity index (χ1n) is 8.01. The first-order valence-corrected chi connectivity index (χ1v) is 8.01. The van der Waals surface area contributed by atoms with Crippen molar-refractivity contribution in [3.63, 3.8) is 0 Å². The van der Waals surface area contributed by atoms with Crippen LogP contribution in [-0.2, 0) is 6.54 Å². The third kappa shape index (κ3) is 3.62. The van der Waals surface area contributed by atoms with E-state index in [2.05, 4.69) is 9.88 Å². The van der Waals surface area contributed by atoms with Gasteiger partial charge in [-0.3, -0.25) is 9.69 Å². The lowest BCUT2D eigenvalue weighted by Gasteiger charge is -2.37. The average Bonchev–Trinajstić information content (AvgIpc) is 3.10. The molecule has 1 saturated heterocycles. The third-order valence-corrected chi connectivity index (χ3v) is 4.53. The lowest BCUT2D eigenvalue weighted by atomic mass is 10.0. The van der Waals surface area contributed by atoms with Gasteiger partial charge in [-0.1, -0.05) is 18.2 Å². The van der Waals surface area contributed by atoms with Gasteiger partial charge < -0.3 is 9.88 Å². The summed E-state index contributed by atoms with van der Waals surface area (Å²) in [5.41, 5.74) is 1.32. The largest absolute Gasteiger partial charge is 0.357 e. The molecule has 1 aromatic carbocycles. The second-order valence-electron chi connectivity index (χ2n) is 6.12. The zero-order valence-electron chi connectivity index (χ0n) is 13.3. The number of hydrogen-bond acceptors (Lipinski definition) is 2. The van der Waals surface area contributed by atoms with E-state index in [1.54, 1.807) is 23.2 Å². The summed E-state index contributed by atoms with van der Waals surface area (Å²) in [5, 5.41) is 0. The van der Waals surface area contributed by atoms with Gasteiger partial charge in [-0.05, 0) is 37.6 Å². The van der Waals surface area contributed by atoms with Crippen LogP contribution in [0.15, 0.2) is 42.6 Å². The molecule has 4 nitrogen and oxygen atoms in total. The van der Waals surface area contributed by atoms with E-state index in [-0.39, 0.29) is 17.8 Å². The Kier molecular flexibility index (Phi) is 4.76. The molecule has 0 aliphatic carbocycles. The van der Waals surface area contributed by atoms with Crippen molar-refractivity contribution < 1.29 is 9.18 Å². The fourth-order valence-electron chi connectivity index (χ4n) is 3.18. The van der Waals surface area contributed by atoms with Crippen molar-refractivity contribution >= 4 is 5.91 Å². The number of likely N-dealkylation sites (N-methyl/N-ethyl adjacent to an activating group) is 1. The monoisotopic (exact) mass is 315 g/mol. The first-order chi connectivity index (χ1) is 11.1. The number of piperidine rings is 1. The van der Waals surface area contributed by atoms with Gasteiger partial charge in [-0.2, -0.15) is 0 Å². The van der Waals surface area contributed by atoms with Gasteiger partial charge in [0.1, 0.15) is 11.5 Å². The minimum absolute atomic E-state index is 0.00717. The van der Waals surface area contributed by atoms with Gasteiger partial charge in [0.2, 0.25) is 0 Å². The number of nitrogens with one attached hydrogen (secondary N) is 1. The van der Waals surface area contributed by atoms with Crippen LogP contribution in [0.1, 0.15) is 28.9 Å². The molecule has 1 amide bonds. The summed E-state index contributed by atoms with van der Waals surface area (Å²) in [6.07, 6.45) is 3.75. The number of halogens is 1. The zero-order chi connectivity index (χ0) is 16.2. The fourth-order valence-corrected chi connectivity index (χ4v) is 3.18. The van der Waals surface area contributed by atoms with Crippen LogP contribution in [-0.4, -0.2) is 46.9 Å². The van der Waals surface area contributed by atoms with Crippen LogP contribution in [0.5, 0.6) is 0 Å². The zero-order valence-corrected chi connectivity index (χ0v) is 13.3. The van der Waals surface area contributed by atoms with Gasteiger partial charge in [0.05, 0.1) is 0 Å². The van der Waals surface area contributed by atoms with Crippen LogP contribution in [0.4, 0.5) is 4.39 Å². The Morgan fingerprint density at radius 1 is 1.35 bits per heavy atom. The summed E-state index contributed by atoms with van der Waals surface area (Å²) < 4.78 is 13.8. The average molecular weight is 315 g/mol. The van der Waals surface area contributed by atoms with Gasteiger partial charge >= 0.3 is 0 Å². The Bertz CT molecular complexity index is 656. The molecule has 2 heterocycles. The molecule has 1 aliphatic heterocycles. The number of carbonyl (C=O) groups is 1. The quantitative estimate of drug-likeness (QED) is 0.942. The van der Waals surface area contributed by atoms with Crippen LogP contribution in [0.3, 0.4) is 0 Å². The van der Waals surface area contributed by atoms with E-state index >= 15 is 0 Å². The van der Waals surface area contributed by atoms with E-state index in [1.165, 1.54) is 6.07 Å². The molecule has 3 rings (SSSR count). The molecule has 0 unspecified atom stereocenters. The van der Waals surface area contributed by atoms with Gasteiger partial charge in [0.15, 0.2) is 0 Å². The highest BCUT2D eigenvalue weighted by molar-refractivity contribution is 5.92. The predicted octanol–water partition coefficient (Wildman–Crippen LogP) is 2.89. The van der Waals surface area contributed by atoms with E-state index in [4.69, 9.17) is 0 Å². The minimum Gasteiger partial charge on any atom is -0.357 e. The summed E-state index contributed by atoms with van der Waals surface area (Å²) in [6.45, 7) is 2.31. The number of carbonyl (C=O) groups excluding carboxylic acids is 1. The van der Waals surface area contributed by atoms with Crippen LogP contribution < -0.4 is 0 Å². The molecule has 122 valence electrons. The third-order valence-electron chi connectivity index (χ3n) is 4.53. The molecule has 5 heteroatoms. The van der Waals surface area contributed by atoms with Gasteiger partial charge in [0, 0.05) is 37.9 Å². The molecule has 1 atom stereocenters. The van der Waals surface area contributed by atoms with Crippen LogP contribution in [0.25, 0.3) is 0 Å². The SMILES string of the molecule is CN(C(=O)c1ccc[nH]1)[C@H]1CCCN(Cc2ccccc2F)C1. The Balaban J connectivity index is 1.64. The Hall–Kier alpha value is -2.14. The summed E-state index contributed by atoms with van der Waals surface area (Å²) in [7, 11) is 1.85. The highest BCUT2D eigenvalue weighted by Crippen LogP contribution is 2.19. The van der Waals surface area contributed by atoms with Gasteiger partial charge in [-0.25, -0.2) is 4.39 Å². The van der Waals surface area contributed by atoms with Crippen molar-refractivity contribution in [1.29, 1.82) is 0 Å². The van der Waals surface area contributed by atoms with Crippen molar-refractivity contribution in [2.75, 3.05) is 20.1 Å². The highest BCUT2D eigenvalue weighted by Gasteiger charge is 2.27. The van der Waals surface area contributed by atoms with E-state index in [9.17, 15) is 9.18 Å². The molecule has 1 N–H and O–H groups in total. The maximum Gasteiger partial charge on any atom is 0.270 e. The molecule has 23 heavy (non-hydrogen) atoms. The molecule has 0 saturated carbocycles. The van der Waals surface area contributed by atoms with E-state index in [0.717, 1.165) is 25.9 Å². The molecule has 0 spiro atoms. The molecule has 1 fully saturated rings. The lowest BCUT2D eigenvalue weighted by Crippen LogP contribution is -2.48. The van der Waals surface area contributed by atoms with Crippen molar-refractivity contribution in [2.24, 2.45) is 0 Å². The maximum atomic E-state index is 13.8. The number of amides is 1. The van der Waals surface area contributed by atoms with Gasteiger partial charge in [-0.15, -0.1) is 0 Å². The number of benzene rings is 1. The van der Waals surface area contributed by atoms with Crippen LogP contribution in [0, 0.1) is 5.82 Å². The smallest absolute Gasteiger partial charge is 0.270 e. The molecule has 1 aromatic heterocycles. The number of aromatic nitrogens is 1. The Morgan fingerprint density at radius 3 is 2.91 bits per heavy atom. The normalized spacial score (nSPS) is 18.8. The molecular weight excluding hydrogens is 293 g/mol. The fraction of sp³-hybridized carbons (Fsp3) is 0.389. The Morgan fingerprint density at radius 2 is 2.17 bits per heavy atom. The van der Waals surface area contributed by atoms with Crippen LogP contribution in [0.2, 0.25) is 0 Å². The van der Waals surface area contributed by atoms with Crippen molar-refractivity contribution in [1.82, 2.24) is 14.8 Å². The number of aromatic amines is 1. The summed E-state index contributed by atoms with van der Waals surface area (Å²) in [5.74, 6) is -0.154. The summed E-state index contributed by atoms with van der Waals surface area (Å²) >= 11 is 0. The van der Waals surface area contributed by atoms with Crippen molar-refractivity contribution in [2.45, 2.75) is 25.4 Å². The highest BCUT2D eigenvalue weighted by atomic mass is 19.1. The number of rotatable bonds is 4. The number of H-pyrrole nitrogens is 1. The molecule has 0 radical (unpaired) electrons. The molecule has 2 aromatic rings. The topological polar surface area (TPSA) is 39.3 Å². The van der Waals surface area contributed by atoms with E-state index < -0.39 is 0 Å². The first kappa shape index (κ1) is 15.7. The number of nitrogens with zero attached hydrogens (tertiary/aromatic N) is 2. The van der Waals surface area contributed by atoms with Crippen molar-refractivity contribution in [3.05, 3.63) is 59.7 Å². The summed E-state index contributed by atoms with van der Waals surface area (Å²) in [6, 6.07) is 10.7. The lowest BCUT2D eigenvalue weighted by molar-refractivity contribution is 0.0603. The number of hydrogen-bond donors (Lipinski definition) is 1. The molecule has 0 bridgehead atoms. The molecule has 1 aliphatic rings. The minimum atomic E-state index is -0.162. The molecular formula is C18H22FN3O. The van der Waals surface area contributed by atoms with Crippen LogP contribution >= 0.6 is 0 Å². The predicted molar refractivity (Wildman–Crippen MR) is 87.6 cm³/mol. The standard InChI is InChI=1S/C18H22FN3O/c1-21(18(23)17-9-4-10-20-17)15-7-5-11-22(13-15)12-14-6-2-3-8-16(14)19/h2-4,6,8-10,15,20H,5,7,11-13H2,1H3/t15-/m0/s1. The van der Waals surface area contributed by atoms with E-state index in [1.807, 2.05) is 25.2 Å². The van der Waals surface area contributed by atoms with E-state index in [0.29, 0.717) is 17.8 Å².